The molecule has 1 saturated carbocycles. The molecule has 0 spiro atoms. The molecule has 0 aliphatic heterocycles. The molecule has 1 atom stereocenters. The van der Waals surface area contributed by atoms with Crippen molar-refractivity contribution >= 4 is 5.97 Å². The van der Waals surface area contributed by atoms with Crippen LogP contribution in [0, 0.1) is 5.92 Å². The van der Waals surface area contributed by atoms with E-state index >= 15 is 0 Å². The molecule has 1 fully saturated rings. The van der Waals surface area contributed by atoms with Crippen LogP contribution in [-0.2, 0) is 16.1 Å². The minimum Gasteiger partial charge on any atom is -0.458 e. The van der Waals surface area contributed by atoms with Crippen molar-refractivity contribution in [2.75, 3.05) is 0 Å². The van der Waals surface area contributed by atoms with E-state index in [9.17, 15) is 4.79 Å². The van der Waals surface area contributed by atoms with E-state index in [2.05, 4.69) is 6.92 Å². The first-order valence-electron chi connectivity index (χ1n) is 7.70. The lowest BCUT2D eigenvalue weighted by Crippen LogP contribution is -2.17. The molecule has 1 aromatic rings. The van der Waals surface area contributed by atoms with Crippen LogP contribution in [0.3, 0.4) is 0 Å². The topological polar surface area (TPSA) is 26.3 Å². The van der Waals surface area contributed by atoms with Crippen molar-refractivity contribution in [3.8, 4) is 0 Å². The number of ether oxygens (including phenoxy) is 1. The van der Waals surface area contributed by atoms with Crippen LogP contribution in [0.2, 0.25) is 0 Å². The van der Waals surface area contributed by atoms with Crippen LogP contribution >= 0.6 is 0 Å². The SMILES string of the molecule is CCCCCC1CC/C1=C/C(=O)OCc1ccccc1. The molecule has 0 bridgehead atoms. The number of allylic oxidation sites excluding steroid dienone is 1. The lowest BCUT2D eigenvalue weighted by Gasteiger charge is -2.29. The van der Waals surface area contributed by atoms with Gasteiger partial charge in [-0.15, -0.1) is 0 Å². The van der Waals surface area contributed by atoms with Crippen molar-refractivity contribution in [1.29, 1.82) is 0 Å². The van der Waals surface area contributed by atoms with E-state index in [1.807, 2.05) is 30.3 Å². The van der Waals surface area contributed by atoms with Gasteiger partial charge in [0, 0.05) is 6.08 Å². The van der Waals surface area contributed by atoms with E-state index in [0.717, 1.165) is 12.0 Å². The van der Waals surface area contributed by atoms with Crippen molar-refractivity contribution in [2.45, 2.75) is 52.1 Å². The van der Waals surface area contributed by atoms with Gasteiger partial charge in [-0.2, -0.15) is 0 Å². The average molecular weight is 272 g/mol. The Morgan fingerprint density at radius 2 is 2.10 bits per heavy atom. The zero-order valence-corrected chi connectivity index (χ0v) is 12.3. The highest BCUT2D eigenvalue weighted by atomic mass is 16.5. The Hall–Kier alpha value is -1.57. The van der Waals surface area contributed by atoms with Gasteiger partial charge in [0.05, 0.1) is 0 Å². The predicted molar refractivity (Wildman–Crippen MR) is 81.2 cm³/mol. The molecule has 0 saturated heterocycles. The number of carbonyl (C=O) groups excluding carboxylic acids is 1. The molecule has 2 rings (SSSR count). The van der Waals surface area contributed by atoms with Crippen LogP contribution < -0.4 is 0 Å². The summed E-state index contributed by atoms with van der Waals surface area (Å²) in [6, 6.07) is 9.81. The third kappa shape index (κ3) is 4.52. The summed E-state index contributed by atoms with van der Waals surface area (Å²) in [6.45, 7) is 2.59. The van der Waals surface area contributed by atoms with Crippen molar-refractivity contribution in [3.63, 3.8) is 0 Å². The standard InChI is InChI=1S/C18H24O2/c1-2-3-5-10-16-11-12-17(16)13-18(19)20-14-15-8-6-4-7-9-15/h4,6-9,13,16H,2-3,5,10-12,14H2,1H3/b17-13-. The Morgan fingerprint density at radius 1 is 1.30 bits per heavy atom. The van der Waals surface area contributed by atoms with Crippen LogP contribution in [-0.4, -0.2) is 5.97 Å². The number of benzene rings is 1. The molecule has 1 unspecified atom stereocenters. The fourth-order valence-electron chi connectivity index (χ4n) is 2.60. The molecule has 1 aromatic carbocycles. The number of hydrogen-bond donors (Lipinski definition) is 0. The lowest BCUT2D eigenvalue weighted by atomic mass is 9.76. The molecular weight excluding hydrogens is 248 g/mol. The molecule has 20 heavy (non-hydrogen) atoms. The monoisotopic (exact) mass is 272 g/mol. The summed E-state index contributed by atoms with van der Waals surface area (Å²) in [5.41, 5.74) is 2.33. The summed E-state index contributed by atoms with van der Waals surface area (Å²) in [7, 11) is 0. The molecular formula is C18H24O2. The highest BCUT2D eigenvalue weighted by Gasteiger charge is 2.24. The second kappa shape index (κ2) is 7.88. The van der Waals surface area contributed by atoms with Crippen molar-refractivity contribution in [2.24, 2.45) is 5.92 Å². The number of carbonyl (C=O) groups is 1. The molecule has 0 N–H and O–H groups in total. The van der Waals surface area contributed by atoms with Crippen molar-refractivity contribution in [3.05, 3.63) is 47.5 Å². The van der Waals surface area contributed by atoms with Crippen LogP contribution in [0.4, 0.5) is 0 Å². The zero-order valence-electron chi connectivity index (χ0n) is 12.3. The summed E-state index contributed by atoms with van der Waals surface area (Å²) in [5, 5.41) is 0. The smallest absolute Gasteiger partial charge is 0.331 e. The van der Waals surface area contributed by atoms with Gasteiger partial charge in [0.1, 0.15) is 6.61 Å². The van der Waals surface area contributed by atoms with Crippen LogP contribution in [0.1, 0.15) is 51.0 Å². The van der Waals surface area contributed by atoms with Gasteiger partial charge < -0.3 is 4.74 Å². The number of hydrogen-bond acceptors (Lipinski definition) is 2. The fraction of sp³-hybridized carbons (Fsp3) is 0.500. The van der Waals surface area contributed by atoms with E-state index in [4.69, 9.17) is 4.74 Å². The number of esters is 1. The van der Waals surface area contributed by atoms with Crippen molar-refractivity contribution < 1.29 is 9.53 Å². The second-order valence-corrected chi connectivity index (χ2v) is 5.54. The fourth-order valence-corrected chi connectivity index (χ4v) is 2.60. The van der Waals surface area contributed by atoms with Crippen molar-refractivity contribution in [1.82, 2.24) is 0 Å². The van der Waals surface area contributed by atoms with Gasteiger partial charge in [0.15, 0.2) is 0 Å². The zero-order chi connectivity index (χ0) is 14.2. The summed E-state index contributed by atoms with van der Waals surface area (Å²) in [4.78, 5) is 11.8. The van der Waals surface area contributed by atoms with Gasteiger partial charge in [0.25, 0.3) is 0 Å². The predicted octanol–water partition coefficient (Wildman–Crippen LogP) is 4.65. The van der Waals surface area contributed by atoms with Crippen LogP contribution in [0.5, 0.6) is 0 Å². The van der Waals surface area contributed by atoms with Gasteiger partial charge in [-0.3, -0.25) is 0 Å². The summed E-state index contributed by atoms with van der Waals surface area (Å²) in [5.74, 6) is 0.440. The molecule has 2 heteroatoms. The van der Waals surface area contributed by atoms with E-state index in [1.54, 1.807) is 6.08 Å². The average Bonchev–Trinajstić information content (AvgIpc) is 2.47. The first-order valence-corrected chi connectivity index (χ1v) is 7.70. The first-order chi connectivity index (χ1) is 9.79. The maximum absolute atomic E-state index is 11.8. The maximum Gasteiger partial charge on any atom is 0.331 e. The Balaban J connectivity index is 1.74. The van der Waals surface area contributed by atoms with E-state index in [0.29, 0.717) is 12.5 Å². The summed E-state index contributed by atoms with van der Waals surface area (Å²) < 4.78 is 5.29. The van der Waals surface area contributed by atoms with Crippen LogP contribution in [0.15, 0.2) is 42.0 Å². The van der Waals surface area contributed by atoms with E-state index < -0.39 is 0 Å². The number of unbranched alkanes of at least 4 members (excludes halogenated alkanes) is 2. The Labute approximate surface area is 121 Å². The van der Waals surface area contributed by atoms with Gasteiger partial charge in [-0.05, 0) is 30.7 Å². The maximum atomic E-state index is 11.8. The Bertz CT molecular complexity index is 448. The first kappa shape index (κ1) is 14.8. The minimum atomic E-state index is -0.191. The molecule has 2 nitrogen and oxygen atoms in total. The van der Waals surface area contributed by atoms with E-state index in [-0.39, 0.29) is 5.97 Å². The van der Waals surface area contributed by atoms with E-state index in [1.165, 1.54) is 37.7 Å². The Morgan fingerprint density at radius 3 is 2.75 bits per heavy atom. The number of rotatable bonds is 7. The quantitative estimate of drug-likeness (QED) is 0.410. The molecule has 0 aromatic heterocycles. The van der Waals surface area contributed by atoms with Gasteiger partial charge in [-0.25, -0.2) is 4.79 Å². The lowest BCUT2D eigenvalue weighted by molar-refractivity contribution is -0.139. The normalized spacial score (nSPS) is 19.6. The third-order valence-electron chi connectivity index (χ3n) is 3.99. The van der Waals surface area contributed by atoms with Gasteiger partial charge in [0.2, 0.25) is 0 Å². The third-order valence-corrected chi connectivity index (χ3v) is 3.99. The summed E-state index contributed by atoms with van der Waals surface area (Å²) in [6.07, 6.45) is 9.08. The molecule has 0 radical (unpaired) electrons. The summed E-state index contributed by atoms with van der Waals surface area (Å²) >= 11 is 0. The highest BCUT2D eigenvalue weighted by molar-refractivity contribution is 5.83. The largest absolute Gasteiger partial charge is 0.458 e. The molecule has 108 valence electrons. The molecule has 1 aliphatic carbocycles. The van der Waals surface area contributed by atoms with Gasteiger partial charge >= 0.3 is 5.97 Å². The Kier molecular flexibility index (Phi) is 5.85. The molecule has 0 heterocycles. The molecule has 1 aliphatic rings. The molecule has 0 amide bonds. The van der Waals surface area contributed by atoms with Gasteiger partial charge in [-0.1, -0.05) is 62.1 Å². The van der Waals surface area contributed by atoms with Crippen LogP contribution in [0.25, 0.3) is 0 Å². The highest BCUT2D eigenvalue weighted by Crippen LogP contribution is 2.37. The minimum absolute atomic E-state index is 0.191. The second-order valence-electron chi connectivity index (χ2n) is 5.54.